The number of piperidine rings is 1. The molecule has 3 unspecified atom stereocenters. The van der Waals surface area contributed by atoms with Crippen molar-refractivity contribution in [3.05, 3.63) is 0 Å². The van der Waals surface area contributed by atoms with Gasteiger partial charge in [-0.1, -0.05) is 0 Å². The summed E-state index contributed by atoms with van der Waals surface area (Å²) in [6, 6.07) is -2.36. The van der Waals surface area contributed by atoms with Crippen LogP contribution in [0.25, 0.3) is 0 Å². The highest BCUT2D eigenvalue weighted by Crippen LogP contribution is 2.47. The molecule has 0 aromatic carbocycles. The van der Waals surface area contributed by atoms with Crippen molar-refractivity contribution in [2.45, 2.75) is 30.5 Å². The first-order valence-corrected chi connectivity index (χ1v) is 10.2. The Balaban J connectivity index is 1.45. The number of hydroxylamine groups is 3. The number of ether oxygens (including phenoxy) is 1. The molecular formula is C14H23N5O8S. The average Bonchev–Trinajstić information content (AvgIpc) is 3.11. The molecule has 0 aromatic heterocycles. The number of nitrogens with zero attached hydrogens (tertiary/aromatic N) is 2. The number of hydrogen-bond acceptors (Lipinski definition) is 9. The molecule has 0 aromatic rings. The fourth-order valence-corrected chi connectivity index (χ4v) is 4.60. The molecule has 4 fully saturated rings. The van der Waals surface area contributed by atoms with Crippen LogP contribution in [-0.2, 0) is 29.1 Å². The number of carbonyl (C=O) groups is 2. The topological polar surface area (TPSA) is 173 Å². The van der Waals surface area contributed by atoms with E-state index in [0.717, 1.165) is 6.54 Å². The normalized spacial score (nSPS) is 34.0. The number of nitrogens with two attached hydrogens (primary N) is 1. The molecule has 2 bridgehead atoms. The second kappa shape index (κ2) is 6.76. The van der Waals surface area contributed by atoms with E-state index in [1.807, 2.05) is 0 Å². The lowest BCUT2D eigenvalue weighted by atomic mass is 9.71. The Labute approximate surface area is 161 Å². The van der Waals surface area contributed by atoms with Gasteiger partial charge in [-0.15, -0.1) is 4.28 Å². The maximum absolute atomic E-state index is 12.7. The maximum Gasteiger partial charge on any atom is 0.418 e. The minimum absolute atomic E-state index is 0.0700. The number of nitrogens with one attached hydrogen (secondary N) is 2. The number of fused-ring (bicyclic) bond motifs is 3. The highest BCUT2D eigenvalue weighted by atomic mass is 32.3. The number of rotatable bonds is 6. The van der Waals surface area contributed by atoms with Crippen molar-refractivity contribution in [1.29, 1.82) is 0 Å². The van der Waals surface area contributed by atoms with Crippen LogP contribution in [0.2, 0.25) is 0 Å². The predicted octanol–water partition coefficient (Wildman–Crippen LogP) is -2.65. The van der Waals surface area contributed by atoms with E-state index in [0.29, 0.717) is 18.0 Å². The maximum atomic E-state index is 12.7. The summed E-state index contributed by atoms with van der Waals surface area (Å²) < 4.78 is 41.0. The van der Waals surface area contributed by atoms with Crippen LogP contribution in [0.5, 0.6) is 0 Å². The number of amides is 3. The van der Waals surface area contributed by atoms with E-state index in [-0.39, 0.29) is 32.8 Å². The minimum Gasteiger partial charge on any atom is -0.380 e. The summed E-state index contributed by atoms with van der Waals surface area (Å²) in [5.41, 5.74) is 7.27. The zero-order chi connectivity index (χ0) is 20.2. The van der Waals surface area contributed by atoms with E-state index >= 15 is 0 Å². The number of urea groups is 1. The third-order valence-electron chi connectivity index (χ3n) is 5.84. The van der Waals surface area contributed by atoms with Crippen LogP contribution in [0.15, 0.2) is 0 Å². The van der Waals surface area contributed by atoms with Gasteiger partial charge in [0.1, 0.15) is 6.04 Å². The molecule has 0 radical (unpaired) electrons. The van der Waals surface area contributed by atoms with Crippen molar-refractivity contribution >= 4 is 22.3 Å². The van der Waals surface area contributed by atoms with E-state index in [9.17, 15) is 18.0 Å². The molecule has 5 N–H and O–H groups in total. The molecule has 3 atom stereocenters. The summed E-state index contributed by atoms with van der Waals surface area (Å²) >= 11 is 0. The van der Waals surface area contributed by atoms with Gasteiger partial charge >= 0.3 is 16.4 Å². The molecule has 28 heavy (non-hydrogen) atoms. The lowest BCUT2D eigenvalue weighted by molar-refractivity contribution is -0.194. The standard InChI is InChI=1S/C14H23N5O8S/c15-14(1-2-16-5-14)8-26-17-11(20)9-3-13(6-25-7-13)10-4-18(9)12(21)19(10)27-28(22,23)24/h9-10,16H,1-8,15H2,(H,17,20)(H,22,23,24). The average molecular weight is 421 g/mol. The molecule has 14 heteroatoms. The van der Waals surface area contributed by atoms with Crippen LogP contribution in [0.3, 0.4) is 0 Å². The third kappa shape index (κ3) is 3.45. The highest BCUT2D eigenvalue weighted by molar-refractivity contribution is 7.80. The molecular weight excluding hydrogens is 398 g/mol. The first-order valence-electron chi connectivity index (χ1n) is 8.88. The van der Waals surface area contributed by atoms with Gasteiger partial charge in [-0.05, 0) is 19.4 Å². The van der Waals surface area contributed by atoms with Crippen molar-refractivity contribution in [3.8, 4) is 0 Å². The van der Waals surface area contributed by atoms with Gasteiger partial charge in [-0.3, -0.25) is 14.2 Å². The molecule has 1 spiro atoms. The lowest BCUT2D eigenvalue weighted by Gasteiger charge is -2.50. The van der Waals surface area contributed by atoms with Crippen LogP contribution < -0.4 is 16.5 Å². The zero-order valence-electron chi connectivity index (χ0n) is 15.0. The Morgan fingerprint density at radius 2 is 2.21 bits per heavy atom. The van der Waals surface area contributed by atoms with E-state index in [1.54, 1.807) is 0 Å². The summed E-state index contributed by atoms with van der Waals surface area (Å²) in [4.78, 5) is 31.8. The highest BCUT2D eigenvalue weighted by Gasteiger charge is 2.63. The van der Waals surface area contributed by atoms with E-state index in [4.69, 9.17) is 19.9 Å². The Bertz CT molecular complexity index is 766. The first-order chi connectivity index (χ1) is 13.1. The van der Waals surface area contributed by atoms with Gasteiger partial charge in [0, 0.05) is 18.5 Å². The predicted molar refractivity (Wildman–Crippen MR) is 90.5 cm³/mol. The molecule has 4 aliphatic rings. The van der Waals surface area contributed by atoms with Crippen LogP contribution in [0.1, 0.15) is 12.8 Å². The van der Waals surface area contributed by atoms with Gasteiger partial charge < -0.3 is 20.7 Å². The van der Waals surface area contributed by atoms with Crippen molar-refractivity contribution in [2.24, 2.45) is 11.1 Å². The second-order valence-electron chi connectivity index (χ2n) is 7.90. The lowest BCUT2D eigenvalue weighted by Crippen LogP contribution is -2.63. The summed E-state index contributed by atoms with van der Waals surface area (Å²) in [6.07, 6.45) is 0.959. The van der Waals surface area contributed by atoms with Gasteiger partial charge in [-0.2, -0.15) is 13.5 Å². The fourth-order valence-electron chi connectivity index (χ4n) is 4.23. The second-order valence-corrected chi connectivity index (χ2v) is 8.90. The Kier molecular flexibility index (Phi) is 4.77. The molecule has 0 aliphatic carbocycles. The van der Waals surface area contributed by atoms with Gasteiger partial charge in [0.15, 0.2) is 0 Å². The SMILES string of the molecule is NC1(CONC(=O)C2CC3(COC3)C3CN2C(=O)N3OS(=O)(=O)O)CCNC1. The van der Waals surface area contributed by atoms with Crippen LogP contribution in [0.4, 0.5) is 4.79 Å². The van der Waals surface area contributed by atoms with Gasteiger partial charge in [0.25, 0.3) is 5.91 Å². The summed E-state index contributed by atoms with van der Waals surface area (Å²) in [5.74, 6) is -0.540. The monoisotopic (exact) mass is 421 g/mol. The summed E-state index contributed by atoms with van der Waals surface area (Å²) in [6.45, 7) is 2.01. The van der Waals surface area contributed by atoms with E-state index in [1.165, 1.54) is 4.90 Å². The van der Waals surface area contributed by atoms with Gasteiger partial charge in [0.2, 0.25) is 0 Å². The molecule has 158 valence electrons. The van der Waals surface area contributed by atoms with Crippen LogP contribution >= 0.6 is 0 Å². The zero-order valence-corrected chi connectivity index (χ0v) is 15.8. The van der Waals surface area contributed by atoms with E-state index in [2.05, 4.69) is 15.1 Å². The Morgan fingerprint density at radius 3 is 2.79 bits per heavy atom. The quantitative estimate of drug-likeness (QED) is 0.262. The third-order valence-corrected chi connectivity index (χ3v) is 6.18. The summed E-state index contributed by atoms with van der Waals surface area (Å²) in [5, 5.41) is 3.73. The smallest absolute Gasteiger partial charge is 0.380 e. The largest absolute Gasteiger partial charge is 0.418 e. The number of hydrogen-bond donors (Lipinski definition) is 4. The van der Waals surface area contributed by atoms with E-state index < -0.39 is 45.4 Å². The number of carbonyl (C=O) groups excluding carboxylic acids is 2. The molecule has 4 aliphatic heterocycles. The van der Waals surface area contributed by atoms with Crippen LogP contribution in [-0.4, -0.2) is 91.9 Å². The van der Waals surface area contributed by atoms with Crippen molar-refractivity contribution in [3.63, 3.8) is 0 Å². The molecule has 4 saturated heterocycles. The van der Waals surface area contributed by atoms with Crippen LogP contribution in [0, 0.1) is 5.41 Å². The first kappa shape index (κ1) is 19.8. The summed E-state index contributed by atoms with van der Waals surface area (Å²) in [7, 11) is -4.89. The Morgan fingerprint density at radius 1 is 1.46 bits per heavy atom. The van der Waals surface area contributed by atoms with Crippen molar-refractivity contribution in [1.82, 2.24) is 20.8 Å². The fraction of sp³-hybridized carbons (Fsp3) is 0.857. The van der Waals surface area contributed by atoms with Crippen molar-refractivity contribution < 1.29 is 36.4 Å². The minimum atomic E-state index is -4.89. The van der Waals surface area contributed by atoms with Gasteiger partial charge in [-0.25, -0.2) is 10.3 Å². The van der Waals surface area contributed by atoms with Crippen molar-refractivity contribution in [2.75, 3.05) is 39.5 Å². The molecule has 13 nitrogen and oxygen atoms in total. The van der Waals surface area contributed by atoms with Gasteiger partial charge in [0.05, 0.1) is 31.4 Å². The molecule has 3 amide bonds. The molecule has 0 saturated carbocycles. The molecule has 4 heterocycles. The Hall–Kier alpha value is -1.55. The molecule has 4 rings (SSSR count).